The molecule has 0 bridgehead atoms. The van der Waals surface area contributed by atoms with Crippen LogP contribution in [0.1, 0.15) is 13.8 Å². The molecule has 1 aliphatic rings. The Hall–Kier alpha value is -2.32. The molecule has 154 valence electrons. The summed E-state index contributed by atoms with van der Waals surface area (Å²) in [6.45, 7) is 5.37. The summed E-state index contributed by atoms with van der Waals surface area (Å²) in [5.74, 6) is 0.493. The zero-order valence-corrected chi connectivity index (χ0v) is 18.4. The van der Waals surface area contributed by atoms with E-state index in [0.717, 1.165) is 4.47 Å². The number of nitro groups is 1. The summed E-state index contributed by atoms with van der Waals surface area (Å²) < 4.78 is 6.85. The summed E-state index contributed by atoms with van der Waals surface area (Å²) in [7, 11) is 0. The average molecular weight is 483 g/mol. The van der Waals surface area contributed by atoms with Crippen LogP contribution in [-0.2, 0) is 4.79 Å². The molecule has 1 aliphatic heterocycles. The van der Waals surface area contributed by atoms with Gasteiger partial charge in [-0.15, -0.1) is 0 Å². The molecule has 0 unspecified atom stereocenters. The Morgan fingerprint density at radius 2 is 1.76 bits per heavy atom. The van der Waals surface area contributed by atoms with Crippen LogP contribution in [0.25, 0.3) is 0 Å². The van der Waals surface area contributed by atoms with Crippen molar-refractivity contribution < 1.29 is 14.5 Å². The molecular formula is C20H21BrClN3O4. The first-order valence-electron chi connectivity index (χ1n) is 9.10. The van der Waals surface area contributed by atoms with E-state index in [9.17, 15) is 14.9 Å². The summed E-state index contributed by atoms with van der Waals surface area (Å²) in [5, 5.41) is 11.7. The van der Waals surface area contributed by atoms with Gasteiger partial charge in [-0.05, 0) is 50.2 Å². The first-order valence-corrected chi connectivity index (χ1v) is 10.3. The lowest BCUT2D eigenvalue weighted by Crippen LogP contribution is -2.55. The maximum Gasteiger partial charge on any atom is 0.294 e. The van der Waals surface area contributed by atoms with Crippen LogP contribution in [0, 0.1) is 10.1 Å². The molecule has 2 aromatic carbocycles. The van der Waals surface area contributed by atoms with Crippen LogP contribution in [0.4, 0.5) is 11.4 Å². The molecule has 9 heteroatoms. The lowest BCUT2D eigenvalue weighted by atomic mass is 10.1. The van der Waals surface area contributed by atoms with E-state index in [1.165, 1.54) is 6.07 Å². The molecule has 0 radical (unpaired) electrons. The van der Waals surface area contributed by atoms with E-state index in [1.807, 2.05) is 17.0 Å². The lowest BCUT2D eigenvalue weighted by molar-refractivity contribution is -0.384. The Bertz CT molecular complexity index is 912. The fourth-order valence-electron chi connectivity index (χ4n) is 3.28. The van der Waals surface area contributed by atoms with E-state index < -0.39 is 10.5 Å². The molecule has 7 nitrogen and oxygen atoms in total. The van der Waals surface area contributed by atoms with Gasteiger partial charge in [0.2, 0.25) is 0 Å². The van der Waals surface area contributed by atoms with Gasteiger partial charge in [0.25, 0.3) is 11.6 Å². The van der Waals surface area contributed by atoms with Crippen molar-refractivity contribution in [3.05, 3.63) is 62.1 Å². The summed E-state index contributed by atoms with van der Waals surface area (Å²) in [4.78, 5) is 27.6. The molecular weight excluding hydrogens is 462 g/mol. The average Bonchev–Trinajstić information content (AvgIpc) is 2.69. The summed E-state index contributed by atoms with van der Waals surface area (Å²) in [6, 6.07) is 12.0. The first-order chi connectivity index (χ1) is 13.7. The monoisotopic (exact) mass is 481 g/mol. The van der Waals surface area contributed by atoms with E-state index in [2.05, 4.69) is 15.9 Å². The van der Waals surface area contributed by atoms with Crippen LogP contribution >= 0.6 is 27.5 Å². The van der Waals surface area contributed by atoms with Crippen molar-refractivity contribution in [2.24, 2.45) is 0 Å². The molecule has 0 saturated carbocycles. The number of benzene rings is 2. The van der Waals surface area contributed by atoms with Crippen molar-refractivity contribution in [1.82, 2.24) is 4.90 Å². The maximum atomic E-state index is 13.0. The summed E-state index contributed by atoms with van der Waals surface area (Å²) in [5.41, 5.74) is -0.546. The third-order valence-corrected chi connectivity index (χ3v) is 5.51. The third-order valence-electron chi connectivity index (χ3n) is 4.74. The van der Waals surface area contributed by atoms with Gasteiger partial charge in [0.1, 0.15) is 11.4 Å². The largest absolute Gasteiger partial charge is 0.478 e. The second kappa shape index (κ2) is 8.59. The number of nitrogens with zero attached hydrogens (tertiary/aromatic N) is 3. The van der Waals surface area contributed by atoms with Crippen molar-refractivity contribution in [1.29, 1.82) is 0 Å². The molecule has 1 heterocycles. The molecule has 0 aromatic heterocycles. The molecule has 0 aliphatic carbocycles. The lowest BCUT2D eigenvalue weighted by Gasteiger charge is -2.39. The Morgan fingerprint density at radius 3 is 2.34 bits per heavy atom. The highest BCUT2D eigenvalue weighted by Crippen LogP contribution is 2.32. The minimum Gasteiger partial charge on any atom is -0.478 e. The van der Waals surface area contributed by atoms with Crippen LogP contribution in [0.3, 0.4) is 0 Å². The van der Waals surface area contributed by atoms with Gasteiger partial charge in [-0.2, -0.15) is 0 Å². The smallest absolute Gasteiger partial charge is 0.294 e. The minimum atomic E-state index is -1.03. The SMILES string of the molecule is CC(C)(Oc1ccc(Br)cc1)C(=O)N1CCN(c2ccc(Cl)cc2[N+](=O)[O-])CC1. The van der Waals surface area contributed by atoms with Crippen LogP contribution in [0.15, 0.2) is 46.9 Å². The van der Waals surface area contributed by atoms with Crippen LogP contribution in [0.2, 0.25) is 5.02 Å². The number of ether oxygens (including phenoxy) is 1. The Labute approximate surface area is 182 Å². The predicted molar refractivity (Wildman–Crippen MR) is 116 cm³/mol. The van der Waals surface area contributed by atoms with Gasteiger partial charge in [-0.1, -0.05) is 27.5 Å². The van der Waals surface area contributed by atoms with Crippen molar-refractivity contribution in [2.75, 3.05) is 31.1 Å². The molecule has 29 heavy (non-hydrogen) atoms. The Morgan fingerprint density at radius 1 is 1.14 bits per heavy atom. The summed E-state index contributed by atoms with van der Waals surface area (Å²) in [6.07, 6.45) is 0. The number of carbonyl (C=O) groups excluding carboxylic acids is 1. The molecule has 1 amide bonds. The fraction of sp³-hybridized carbons (Fsp3) is 0.350. The van der Waals surface area contributed by atoms with Gasteiger partial charge < -0.3 is 14.5 Å². The fourth-order valence-corrected chi connectivity index (χ4v) is 3.71. The van der Waals surface area contributed by atoms with Gasteiger partial charge in [0.15, 0.2) is 5.60 Å². The van der Waals surface area contributed by atoms with Gasteiger partial charge in [0, 0.05) is 41.7 Å². The highest BCUT2D eigenvalue weighted by atomic mass is 79.9. The maximum absolute atomic E-state index is 13.0. The standard InChI is InChI=1S/C20H21BrClN3O4/c1-20(2,29-16-6-3-14(21)4-7-16)19(26)24-11-9-23(10-12-24)17-8-5-15(22)13-18(17)25(27)28/h3-8,13H,9-12H2,1-2H3. The Kier molecular flexibility index (Phi) is 6.33. The van der Waals surface area contributed by atoms with E-state index in [0.29, 0.717) is 42.6 Å². The number of hydrogen-bond donors (Lipinski definition) is 0. The van der Waals surface area contributed by atoms with E-state index in [-0.39, 0.29) is 11.6 Å². The number of anilines is 1. The van der Waals surface area contributed by atoms with Crippen molar-refractivity contribution in [3.8, 4) is 5.75 Å². The van der Waals surface area contributed by atoms with E-state index in [1.54, 1.807) is 43.0 Å². The second-order valence-electron chi connectivity index (χ2n) is 7.24. The molecule has 2 aromatic rings. The molecule has 0 spiro atoms. The van der Waals surface area contributed by atoms with Gasteiger partial charge in [-0.3, -0.25) is 14.9 Å². The molecule has 1 fully saturated rings. The highest BCUT2D eigenvalue weighted by molar-refractivity contribution is 9.10. The van der Waals surface area contributed by atoms with Crippen molar-refractivity contribution in [3.63, 3.8) is 0 Å². The molecule has 1 saturated heterocycles. The van der Waals surface area contributed by atoms with E-state index in [4.69, 9.17) is 16.3 Å². The number of amides is 1. The van der Waals surface area contributed by atoms with Gasteiger partial charge in [-0.25, -0.2) is 0 Å². The van der Waals surface area contributed by atoms with Gasteiger partial charge >= 0.3 is 0 Å². The summed E-state index contributed by atoms with van der Waals surface area (Å²) >= 11 is 9.27. The van der Waals surface area contributed by atoms with Crippen molar-refractivity contribution in [2.45, 2.75) is 19.4 Å². The number of carbonyl (C=O) groups is 1. The molecule has 3 rings (SSSR count). The third kappa shape index (κ3) is 5.00. The minimum absolute atomic E-state index is 0.0313. The number of piperazine rings is 1. The zero-order valence-electron chi connectivity index (χ0n) is 16.1. The van der Waals surface area contributed by atoms with Crippen LogP contribution in [-0.4, -0.2) is 47.5 Å². The predicted octanol–water partition coefficient (Wildman–Crippen LogP) is 4.52. The van der Waals surface area contributed by atoms with E-state index >= 15 is 0 Å². The van der Waals surface area contributed by atoms with Crippen molar-refractivity contribution >= 4 is 44.8 Å². The molecule has 0 atom stereocenters. The Balaban J connectivity index is 1.66. The number of hydrogen-bond acceptors (Lipinski definition) is 5. The highest BCUT2D eigenvalue weighted by Gasteiger charge is 2.36. The van der Waals surface area contributed by atoms with Gasteiger partial charge in [0.05, 0.1) is 4.92 Å². The van der Waals surface area contributed by atoms with Crippen LogP contribution in [0.5, 0.6) is 5.75 Å². The van der Waals surface area contributed by atoms with Crippen LogP contribution < -0.4 is 9.64 Å². The molecule has 0 N–H and O–H groups in total. The first kappa shape index (κ1) is 21.4. The quantitative estimate of drug-likeness (QED) is 0.463. The number of nitro benzene ring substituents is 1. The normalized spacial score (nSPS) is 14.6. The number of halogens is 2. The second-order valence-corrected chi connectivity index (χ2v) is 8.59. The number of rotatable bonds is 5. The zero-order chi connectivity index (χ0) is 21.2. The topological polar surface area (TPSA) is 75.9 Å².